The van der Waals surface area contributed by atoms with Gasteiger partial charge in [-0.25, -0.2) is 0 Å². The zero-order chi connectivity index (χ0) is 7.11. The van der Waals surface area contributed by atoms with Crippen molar-refractivity contribution < 1.29 is 29.9 Å². The Morgan fingerprint density at radius 2 is 1.11 bits per heavy atom. The molecule has 0 nitrogen and oxygen atoms in total. The summed E-state index contributed by atoms with van der Waals surface area (Å²) in [4.78, 5) is 0. The fraction of sp³-hybridized carbons (Fsp3) is 0. The van der Waals surface area contributed by atoms with Gasteiger partial charge >= 0.3 is 47.3 Å². The van der Waals surface area contributed by atoms with Gasteiger partial charge in [-0.15, -0.1) is 0 Å². The zero-order valence-corrected chi connectivity index (χ0v) is 10.00. The predicted molar refractivity (Wildman–Crippen MR) is 40.1 cm³/mol. The van der Waals surface area contributed by atoms with Crippen molar-refractivity contribution in [3.8, 4) is 0 Å². The average Bonchev–Trinajstić information content (AvgIpc) is 2.11. The maximum atomic E-state index is 5.02. The Kier molecular flexibility index (Phi) is 9.28. The molecule has 0 fully saturated rings. The first kappa shape index (κ1) is 10.7. The number of hydrogen-bond acceptors (Lipinski definition) is 0. The van der Waals surface area contributed by atoms with E-state index >= 15 is 0 Å². The normalized spacial score (nSPS) is 12.8. The fourth-order valence-corrected chi connectivity index (χ4v) is 0.321. The molecule has 1 rings (SSSR count). The van der Waals surface area contributed by atoms with Crippen LogP contribution in [0.25, 0.3) is 0 Å². The molecule has 50 valence electrons. The van der Waals surface area contributed by atoms with Crippen molar-refractivity contribution in [3.63, 3.8) is 0 Å². The summed E-state index contributed by atoms with van der Waals surface area (Å²) >= 11 is -2.24. The average molecular weight is 316 g/mol. The molecule has 0 aliphatic heterocycles. The quantitative estimate of drug-likeness (QED) is 0.643. The Morgan fingerprint density at radius 3 is 1.22 bits per heavy atom. The summed E-state index contributed by atoms with van der Waals surface area (Å²) in [6, 6.07) is 0. The van der Waals surface area contributed by atoms with Gasteiger partial charge in [0.1, 0.15) is 0 Å². The van der Waals surface area contributed by atoms with Crippen LogP contribution in [0.4, 0.5) is 0 Å². The molecule has 0 amide bonds. The van der Waals surface area contributed by atoms with E-state index in [-0.39, 0.29) is 0 Å². The number of hydrogen-bond donors (Lipinski definition) is 0. The first-order valence-electron chi connectivity index (χ1n) is 2.23. The van der Waals surface area contributed by atoms with Crippen LogP contribution >= 0.6 is 17.4 Å². The molecule has 0 aromatic heterocycles. The molecule has 0 saturated carbocycles. The minimum atomic E-state index is -2.24. The van der Waals surface area contributed by atoms with Gasteiger partial charge in [-0.05, 0) is 0 Å². The zero-order valence-electron chi connectivity index (χ0n) is 4.52. The molecule has 1 aliphatic carbocycles. The van der Waals surface area contributed by atoms with Gasteiger partial charge < -0.3 is 0 Å². The van der Waals surface area contributed by atoms with Crippen molar-refractivity contribution in [3.05, 3.63) is 30.7 Å². The van der Waals surface area contributed by atoms with Crippen LogP contribution in [0.15, 0.2) is 24.3 Å². The second kappa shape index (κ2) is 7.80. The summed E-state index contributed by atoms with van der Waals surface area (Å²) in [6.07, 6.45) is 10.0. The summed E-state index contributed by atoms with van der Waals surface area (Å²) in [7, 11) is 0. The maximum absolute atomic E-state index is 5.02. The number of rotatable bonds is 0. The molecule has 0 heterocycles. The molecule has 0 aromatic carbocycles. The predicted octanol–water partition coefficient (Wildman–Crippen LogP) is 3.39. The second-order valence-electron chi connectivity index (χ2n) is 1.18. The molecule has 0 N–H and O–H groups in total. The Hall–Kier alpha value is 1.70. The van der Waals surface area contributed by atoms with Gasteiger partial charge in [0.2, 0.25) is 0 Å². The van der Waals surface area contributed by atoms with Crippen LogP contribution < -0.4 is 0 Å². The van der Waals surface area contributed by atoms with Crippen LogP contribution in [0.5, 0.6) is 0 Å². The van der Waals surface area contributed by atoms with E-state index in [0.29, 0.717) is 0 Å². The van der Waals surface area contributed by atoms with Crippen LogP contribution in [-0.4, -0.2) is 0 Å². The van der Waals surface area contributed by atoms with Gasteiger partial charge in [0.05, 0.1) is 0 Å². The topological polar surface area (TPSA) is 0 Å². The van der Waals surface area contributed by atoms with Gasteiger partial charge in [0, 0.05) is 6.42 Å². The Balaban J connectivity index is 0.000000148. The van der Waals surface area contributed by atoms with Crippen LogP contribution in [0.1, 0.15) is 0 Å². The van der Waals surface area contributed by atoms with E-state index in [0.717, 1.165) is 0 Å². The van der Waals surface area contributed by atoms with Crippen molar-refractivity contribution in [1.82, 2.24) is 0 Å². The summed E-state index contributed by atoms with van der Waals surface area (Å²) in [5.41, 5.74) is 0. The van der Waals surface area contributed by atoms with Crippen molar-refractivity contribution in [2.75, 3.05) is 0 Å². The van der Waals surface area contributed by atoms with E-state index in [4.69, 9.17) is 17.4 Å². The summed E-state index contributed by atoms with van der Waals surface area (Å²) in [6.45, 7) is 0. The van der Waals surface area contributed by atoms with E-state index in [9.17, 15) is 0 Å². The Bertz CT molecular complexity index is 96.0. The molecule has 0 atom stereocenters. The second-order valence-corrected chi connectivity index (χ2v) is 15.3. The minimum absolute atomic E-state index is 2.00. The van der Waals surface area contributed by atoms with Crippen molar-refractivity contribution in [1.29, 1.82) is 0 Å². The molecule has 0 spiro atoms. The van der Waals surface area contributed by atoms with Gasteiger partial charge in [-0.2, -0.15) is 0 Å². The third kappa shape index (κ3) is 12.8. The van der Waals surface area contributed by atoms with Gasteiger partial charge in [-0.1, -0.05) is 24.3 Å². The van der Waals surface area contributed by atoms with Gasteiger partial charge in [-0.3, -0.25) is 0 Å². The van der Waals surface area contributed by atoms with Gasteiger partial charge in [0.15, 0.2) is 0 Å². The SMILES string of the molecule is [CH]1C=CC=C1.[Cl][Nd]([Cl])[Cl]. The fourth-order valence-electron chi connectivity index (χ4n) is 0.321. The van der Waals surface area contributed by atoms with Crippen molar-refractivity contribution >= 4 is 17.4 Å². The standard InChI is InChI=1S/C5H5.3ClH.Nd/c1-2-4-5-3-1;;;;/h1-5H;3*1H;/q;;;;+3/p-3. The van der Waals surface area contributed by atoms with Crippen molar-refractivity contribution in [2.24, 2.45) is 0 Å². The molecule has 1 aliphatic rings. The van der Waals surface area contributed by atoms with Crippen LogP contribution in [-0.2, 0) is 0 Å². The van der Waals surface area contributed by atoms with E-state index in [2.05, 4.69) is 0 Å². The van der Waals surface area contributed by atoms with Crippen molar-refractivity contribution in [2.45, 2.75) is 0 Å². The monoisotopic (exact) mass is 312 g/mol. The first-order valence-corrected chi connectivity index (χ1v) is 14.3. The first-order chi connectivity index (χ1) is 4.23. The number of halogens is 3. The third-order valence-corrected chi connectivity index (χ3v) is 0.556. The number of allylic oxidation sites excluding steroid dienone is 4. The molecule has 0 saturated heterocycles. The summed E-state index contributed by atoms with van der Waals surface area (Å²) in [5.74, 6) is 15.1. The van der Waals surface area contributed by atoms with E-state index in [1.165, 1.54) is 0 Å². The molecular weight excluding hydrogens is 311 g/mol. The van der Waals surface area contributed by atoms with Crippen LogP contribution in [0, 0.1) is 36.3 Å². The molecule has 0 bridgehead atoms. The van der Waals surface area contributed by atoms with Crippen LogP contribution in [0.3, 0.4) is 0 Å². The molecule has 1 radical (unpaired) electrons. The molecule has 0 unspecified atom stereocenters. The Morgan fingerprint density at radius 1 is 0.778 bits per heavy atom. The molecule has 9 heavy (non-hydrogen) atoms. The molecule has 0 aromatic rings. The third-order valence-electron chi connectivity index (χ3n) is 0.556. The van der Waals surface area contributed by atoms with E-state index in [1.54, 1.807) is 0 Å². The molecular formula is C5H5Cl3Nd. The Labute approximate surface area is 76.6 Å². The van der Waals surface area contributed by atoms with E-state index < -0.39 is 29.9 Å². The van der Waals surface area contributed by atoms with Crippen LogP contribution in [0.2, 0.25) is 0 Å². The summed E-state index contributed by atoms with van der Waals surface area (Å²) < 4.78 is 0. The molecule has 4 heteroatoms. The van der Waals surface area contributed by atoms with Gasteiger partial charge in [0.25, 0.3) is 0 Å². The summed E-state index contributed by atoms with van der Waals surface area (Å²) in [5, 5.41) is 0. The van der Waals surface area contributed by atoms with E-state index in [1.807, 2.05) is 30.7 Å².